The molecule has 3 heteroatoms. The van der Waals surface area contributed by atoms with Crippen LogP contribution in [0.15, 0.2) is 24.3 Å². The van der Waals surface area contributed by atoms with Crippen molar-refractivity contribution in [1.29, 1.82) is 0 Å². The molecule has 1 aliphatic heterocycles. The molecule has 0 aliphatic carbocycles. The van der Waals surface area contributed by atoms with Crippen LogP contribution < -0.4 is 5.32 Å². The Labute approximate surface area is 108 Å². The molecule has 1 aromatic carbocycles. The van der Waals surface area contributed by atoms with E-state index in [1.807, 2.05) is 0 Å². The summed E-state index contributed by atoms with van der Waals surface area (Å²) in [5, 5.41) is 3.49. The second kappa shape index (κ2) is 4.73. The number of piperidine rings is 1. The third kappa shape index (κ3) is 1.93. The third-order valence-corrected chi connectivity index (χ3v) is 3.80. The highest BCUT2D eigenvalue weighted by molar-refractivity contribution is 5.76. The maximum absolute atomic E-state index is 4.88. The van der Waals surface area contributed by atoms with Gasteiger partial charge in [0.25, 0.3) is 0 Å². The van der Waals surface area contributed by atoms with Gasteiger partial charge in [-0.15, -0.1) is 0 Å². The molecule has 1 N–H and O–H groups in total. The zero-order valence-electron chi connectivity index (χ0n) is 11.2. The molecule has 1 aliphatic rings. The Bertz CT molecular complexity index is 536. The predicted molar refractivity (Wildman–Crippen MR) is 75.0 cm³/mol. The lowest BCUT2D eigenvalue weighted by Crippen LogP contribution is -2.30. The molecule has 2 aromatic rings. The van der Waals surface area contributed by atoms with Gasteiger partial charge in [0.15, 0.2) is 0 Å². The third-order valence-electron chi connectivity index (χ3n) is 3.80. The summed E-state index contributed by atoms with van der Waals surface area (Å²) in [6, 6.07) is 8.94. The van der Waals surface area contributed by atoms with Gasteiger partial charge in [0.1, 0.15) is 5.82 Å². The molecule has 0 saturated carbocycles. The van der Waals surface area contributed by atoms with E-state index in [1.54, 1.807) is 0 Å². The van der Waals surface area contributed by atoms with Crippen LogP contribution in [-0.2, 0) is 0 Å². The molecule has 1 atom stereocenters. The largest absolute Gasteiger partial charge is 0.325 e. The number of para-hydroxylation sites is 2. The molecule has 96 valence electrons. The van der Waals surface area contributed by atoms with Gasteiger partial charge in [-0.1, -0.05) is 12.1 Å². The van der Waals surface area contributed by atoms with Crippen LogP contribution in [0, 0.1) is 0 Å². The highest BCUT2D eigenvalue weighted by atomic mass is 15.1. The number of nitrogens with one attached hydrogen (secondary N) is 1. The number of hydrogen-bond acceptors (Lipinski definition) is 2. The standard InChI is InChI=1S/C15H21N3/c1-11(2)18-14-8-4-3-7-13(14)17-15(18)12-6-5-9-16-10-12/h3-4,7-8,11-12,16H,5-6,9-10H2,1-2H3/t12-/m0/s1. The normalized spacial score (nSPS) is 20.7. The van der Waals surface area contributed by atoms with Crippen LogP contribution in [0.25, 0.3) is 11.0 Å². The first-order chi connectivity index (χ1) is 8.77. The van der Waals surface area contributed by atoms with Crippen LogP contribution in [0.1, 0.15) is 44.5 Å². The van der Waals surface area contributed by atoms with Crippen molar-refractivity contribution in [3.63, 3.8) is 0 Å². The minimum atomic E-state index is 0.467. The van der Waals surface area contributed by atoms with Crippen molar-refractivity contribution in [2.45, 2.75) is 38.6 Å². The van der Waals surface area contributed by atoms with E-state index in [2.05, 4.69) is 48.0 Å². The predicted octanol–water partition coefficient (Wildman–Crippen LogP) is 3.08. The van der Waals surface area contributed by atoms with Gasteiger partial charge in [-0.25, -0.2) is 4.98 Å². The summed E-state index contributed by atoms with van der Waals surface area (Å²) in [6.45, 7) is 6.70. The summed E-state index contributed by atoms with van der Waals surface area (Å²) in [5.74, 6) is 1.83. The zero-order chi connectivity index (χ0) is 12.5. The summed E-state index contributed by atoms with van der Waals surface area (Å²) in [4.78, 5) is 4.88. The first-order valence-corrected chi connectivity index (χ1v) is 6.95. The number of nitrogens with zero attached hydrogens (tertiary/aromatic N) is 2. The molecular formula is C15H21N3. The van der Waals surface area contributed by atoms with Crippen molar-refractivity contribution in [3.05, 3.63) is 30.1 Å². The molecule has 1 saturated heterocycles. The minimum Gasteiger partial charge on any atom is -0.325 e. The van der Waals surface area contributed by atoms with E-state index in [0.717, 1.165) is 18.6 Å². The first-order valence-electron chi connectivity index (χ1n) is 6.95. The molecule has 3 rings (SSSR count). The second-order valence-electron chi connectivity index (χ2n) is 5.47. The summed E-state index contributed by atoms with van der Waals surface area (Å²) in [6.07, 6.45) is 2.51. The zero-order valence-corrected chi connectivity index (χ0v) is 11.2. The van der Waals surface area contributed by atoms with E-state index in [-0.39, 0.29) is 0 Å². The van der Waals surface area contributed by atoms with Gasteiger partial charge in [-0.2, -0.15) is 0 Å². The molecule has 0 radical (unpaired) electrons. The number of fused-ring (bicyclic) bond motifs is 1. The van der Waals surface area contributed by atoms with Crippen LogP contribution in [0.2, 0.25) is 0 Å². The molecule has 0 bridgehead atoms. The van der Waals surface area contributed by atoms with Gasteiger partial charge in [0.05, 0.1) is 11.0 Å². The van der Waals surface area contributed by atoms with Crippen molar-refractivity contribution in [2.24, 2.45) is 0 Å². The topological polar surface area (TPSA) is 29.9 Å². The molecule has 0 amide bonds. The number of imidazole rings is 1. The van der Waals surface area contributed by atoms with Crippen molar-refractivity contribution in [2.75, 3.05) is 13.1 Å². The Morgan fingerprint density at radius 1 is 1.33 bits per heavy atom. The minimum absolute atomic E-state index is 0.467. The Balaban J connectivity index is 2.11. The second-order valence-corrected chi connectivity index (χ2v) is 5.47. The Kier molecular flexibility index (Phi) is 3.08. The van der Waals surface area contributed by atoms with Crippen molar-refractivity contribution < 1.29 is 0 Å². The maximum Gasteiger partial charge on any atom is 0.114 e. The van der Waals surface area contributed by atoms with Gasteiger partial charge in [0, 0.05) is 18.5 Å². The summed E-state index contributed by atoms with van der Waals surface area (Å²) in [5.41, 5.74) is 2.40. The molecule has 18 heavy (non-hydrogen) atoms. The first kappa shape index (κ1) is 11.7. The number of benzene rings is 1. The van der Waals surface area contributed by atoms with Crippen LogP contribution in [0.5, 0.6) is 0 Å². The lowest BCUT2D eigenvalue weighted by molar-refractivity contribution is 0.425. The molecule has 0 unspecified atom stereocenters. The van der Waals surface area contributed by atoms with Crippen LogP contribution >= 0.6 is 0 Å². The number of rotatable bonds is 2. The smallest absolute Gasteiger partial charge is 0.114 e. The van der Waals surface area contributed by atoms with Crippen LogP contribution in [0.4, 0.5) is 0 Å². The van der Waals surface area contributed by atoms with Crippen LogP contribution in [-0.4, -0.2) is 22.6 Å². The molecule has 3 nitrogen and oxygen atoms in total. The molecule has 0 spiro atoms. The fourth-order valence-electron chi connectivity index (χ4n) is 2.97. The molecule has 2 heterocycles. The van der Waals surface area contributed by atoms with Crippen molar-refractivity contribution in [1.82, 2.24) is 14.9 Å². The average Bonchev–Trinajstić information content (AvgIpc) is 2.79. The maximum atomic E-state index is 4.88. The van der Waals surface area contributed by atoms with E-state index < -0.39 is 0 Å². The van der Waals surface area contributed by atoms with E-state index in [0.29, 0.717) is 12.0 Å². The van der Waals surface area contributed by atoms with E-state index in [4.69, 9.17) is 4.98 Å². The van der Waals surface area contributed by atoms with Crippen molar-refractivity contribution in [3.8, 4) is 0 Å². The lowest BCUT2D eigenvalue weighted by Gasteiger charge is -2.24. The number of hydrogen-bond donors (Lipinski definition) is 1. The average molecular weight is 243 g/mol. The SMILES string of the molecule is CC(C)n1c([C@H]2CCCNC2)nc2ccccc21. The number of aromatic nitrogens is 2. The quantitative estimate of drug-likeness (QED) is 0.878. The van der Waals surface area contributed by atoms with Gasteiger partial charge in [-0.05, 0) is 45.4 Å². The highest BCUT2D eigenvalue weighted by Crippen LogP contribution is 2.29. The van der Waals surface area contributed by atoms with Crippen molar-refractivity contribution >= 4 is 11.0 Å². The van der Waals surface area contributed by atoms with Crippen LogP contribution in [0.3, 0.4) is 0 Å². The van der Waals surface area contributed by atoms with Gasteiger partial charge >= 0.3 is 0 Å². The fourth-order valence-corrected chi connectivity index (χ4v) is 2.97. The van der Waals surface area contributed by atoms with E-state index in [1.165, 1.54) is 24.2 Å². The monoisotopic (exact) mass is 243 g/mol. The molecule has 1 fully saturated rings. The molecular weight excluding hydrogens is 222 g/mol. The highest BCUT2D eigenvalue weighted by Gasteiger charge is 2.23. The van der Waals surface area contributed by atoms with E-state index in [9.17, 15) is 0 Å². The Hall–Kier alpha value is -1.35. The summed E-state index contributed by atoms with van der Waals surface area (Å²) in [7, 11) is 0. The Morgan fingerprint density at radius 3 is 2.89 bits per heavy atom. The van der Waals surface area contributed by atoms with Gasteiger partial charge in [0.2, 0.25) is 0 Å². The van der Waals surface area contributed by atoms with Gasteiger partial charge < -0.3 is 9.88 Å². The summed E-state index contributed by atoms with van der Waals surface area (Å²) < 4.78 is 2.41. The molecule has 1 aromatic heterocycles. The fraction of sp³-hybridized carbons (Fsp3) is 0.533. The van der Waals surface area contributed by atoms with E-state index >= 15 is 0 Å². The lowest BCUT2D eigenvalue weighted by atomic mass is 9.98. The van der Waals surface area contributed by atoms with Gasteiger partial charge in [-0.3, -0.25) is 0 Å². The summed E-state index contributed by atoms with van der Waals surface area (Å²) >= 11 is 0. The Morgan fingerprint density at radius 2 is 2.17 bits per heavy atom.